The summed E-state index contributed by atoms with van der Waals surface area (Å²) in [5.74, 6) is -0.637. The Hall–Kier alpha value is -4.45. The normalized spacial score (nSPS) is 17.6. The summed E-state index contributed by atoms with van der Waals surface area (Å²) in [6, 6.07) is 21.3. The minimum atomic E-state index is -0.391. The molecule has 1 N–H and O–H groups in total. The number of esters is 1. The van der Waals surface area contributed by atoms with E-state index < -0.39 is 5.97 Å². The second-order valence-electron chi connectivity index (χ2n) is 9.95. The summed E-state index contributed by atoms with van der Waals surface area (Å²) in [5, 5.41) is 4.02. The summed E-state index contributed by atoms with van der Waals surface area (Å²) in [7, 11) is 1.35. The molecule has 2 atom stereocenters. The van der Waals surface area contributed by atoms with Gasteiger partial charge in [-0.3, -0.25) is 4.79 Å². The van der Waals surface area contributed by atoms with Crippen molar-refractivity contribution in [2.45, 2.75) is 38.3 Å². The Balaban J connectivity index is 1.34. The van der Waals surface area contributed by atoms with Gasteiger partial charge in [-0.1, -0.05) is 67.6 Å². The van der Waals surface area contributed by atoms with Crippen molar-refractivity contribution < 1.29 is 14.3 Å². The van der Waals surface area contributed by atoms with E-state index >= 15 is 0 Å². The standard InChI is InChI=1S/C32H31N3O3/c1-22(24-9-11-26(12-10-24)31(37)38-3)34-30(36)28-29-25(15-19-33-28)16-20-35(29)21-23-13-17-32(2,18-14-23)27-7-5-4-6-8-27/h4-17,19-20,22H,18,21H2,1-3H3,(H,34,36)/t22-,32?/m0/s1. The minimum absolute atomic E-state index is 0.0265. The lowest BCUT2D eigenvalue weighted by molar-refractivity contribution is 0.0600. The molecule has 6 nitrogen and oxygen atoms in total. The predicted molar refractivity (Wildman–Crippen MR) is 149 cm³/mol. The summed E-state index contributed by atoms with van der Waals surface area (Å²) >= 11 is 0. The van der Waals surface area contributed by atoms with Crippen LogP contribution in [-0.2, 0) is 16.7 Å². The zero-order chi connectivity index (χ0) is 26.7. The number of nitrogens with zero attached hydrogens (tertiary/aromatic N) is 2. The van der Waals surface area contributed by atoms with Crippen molar-refractivity contribution in [1.82, 2.24) is 14.9 Å². The zero-order valence-corrected chi connectivity index (χ0v) is 21.8. The van der Waals surface area contributed by atoms with Gasteiger partial charge in [-0.05, 0) is 54.3 Å². The fourth-order valence-electron chi connectivity index (χ4n) is 4.94. The monoisotopic (exact) mass is 505 g/mol. The first-order chi connectivity index (χ1) is 18.4. The largest absolute Gasteiger partial charge is 0.465 e. The van der Waals surface area contributed by atoms with E-state index in [1.165, 1.54) is 18.2 Å². The summed E-state index contributed by atoms with van der Waals surface area (Å²) in [6.07, 6.45) is 11.4. The highest BCUT2D eigenvalue weighted by atomic mass is 16.5. The van der Waals surface area contributed by atoms with Gasteiger partial charge in [0.15, 0.2) is 5.69 Å². The number of rotatable bonds is 7. The average Bonchev–Trinajstić information content (AvgIpc) is 3.37. The van der Waals surface area contributed by atoms with Crippen LogP contribution in [0.1, 0.15) is 58.3 Å². The van der Waals surface area contributed by atoms with E-state index in [9.17, 15) is 9.59 Å². The van der Waals surface area contributed by atoms with Crippen molar-refractivity contribution in [1.29, 1.82) is 0 Å². The molecule has 2 aromatic heterocycles. The van der Waals surface area contributed by atoms with Gasteiger partial charge in [0.1, 0.15) is 0 Å². The lowest BCUT2D eigenvalue weighted by atomic mass is 9.76. The number of carbonyl (C=O) groups is 2. The fraction of sp³-hybridized carbons (Fsp3) is 0.219. The van der Waals surface area contributed by atoms with Gasteiger partial charge < -0.3 is 14.6 Å². The Kier molecular flexibility index (Phi) is 6.97. The average molecular weight is 506 g/mol. The molecule has 6 heteroatoms. The number of fused-ring (bicyclic) bond motifs is 1. The van der Waals surface area contributed by atoms with Gasteiger partial charge in [-0.25, -0.2) is 9.78 Å². The Morgan fingerprint density at radius 1 is 1.08 bits per heavy atom. The third kappa shape index (κ3) is 5.02. The van der Waals surface area contributed by atoms with Crippen LogP contribution in [0.4, 0.5) is 0 Å². The molecule has 1 aliphatic rings. The molecule has 0 spiro atoms. The van der Waals surface area contributed by atoms with E-state index in [2.05, 4.69) is 64.3 Å². The van der Waals surface area contributed by atoms with E-state index in [1.54, 1.807) is 18.3 Å². The van der Waals surface area contributed by atoms with Crippen LogP contribution in [0.2, 0.25) is 0 Å². The molecule has 0 fully saturated rings. The first kappa shape index (κ1) is 25.2. The van der Waals surface area contributed by atoms with Crippen molar-refractivity contribution in [3.05, 3.63) is 125 Å². The molecule has 1 aliphatic carbocycles. The maximum absolute atomic E-state index is 13.4. The number of allylic oxidation sites excluding steroid dienone is 4. The van der Waals surface area contributed by atoms with Gasteiger partial charge in [0.05, 0.1) is 24.2 Å². The van der Waals surface area contributed by atoms with Crippen LogP contribution >= 0.6 is 0 Å². The van der Waals surface area contributed by atoms with Crippen molar-refractivity contribution >= 4 is 22.8 Å². The van der Waals surface area contributed by atoms with E-state index in [0.29, 0.717) is 17.8 Å². The highest BCUT2D eigenvalue weighted by Gasteiger charge is 2.25. The van der Waals surface area contributed by atoms with Gasteiger partial charge in [0.25, 0.3) is 5.91 Å². The van der Waals surface area contributed by atoms with Crippen LogP contribution in [0.25, 0.3) is 10.9 Å². The van der Waals surface area contributed by atoms with Gasteiger partial charge in [-0.2, -0.15) is 0 Å². The number of amides is 1. The minimum Gasteiger partial charge on any atom is -0.465 e. The fourth-order valence-corrected chi connectivity index (χ4v) is 4.94. The van der Waals surface area contributed by atoms with Crippen LogP contribution in [-0.4, -0.2) is 28.5 Å². The number of aromatic nitrogens is 2. The molecule has 1 unspecified atom stereocenters. The SMILES string of the molecule is COC(=O)c1ccc([C@H](C)NC(=O)c2nccc3ccn(CC4=CCC(C)(c5ccccc5)C=C4)c23)cc1. The van der Waals surface area contributed by atoms with Gasteiger partial charge in [0, 0.05) is 29.7 Å². The summed E-state index contributed by atoms with van der Waals surface area (Å²) in [5.41, 5.74) is 5.02. The van der Waals surface area contributed by atoms with E-state index in [4.69, 9.17) is 4.74 Å². The van der Waals surface area contributed by atoms with Crippen LogP contribution in [0, 0.1) is 0 Å². The zero-order valence-electron chi connectivity index (χ0n) is 21.8. The lowest BCUT2D eigenvalue weighted by Crippen LogP contribution is -2.28. The molecular formula is C32H31N3O3. The molecule has 0 saturated carbocycles. The molecule has 1 amide bonds. The number of benzene rings is 2. The molecule has 2 heterocycles. The number of ether oxygens (including phenoxy) is 1. The number of hydrogen-bond acceptors (Lipinski definition) is 4. The molecule has 0 aliphatic heterocycles. The molecule has 0 bridgehead atoms. The Labute approximate surface area is 222 Å². The van der Waals surface area contributed by atoms with Crippen LogP contribution in [0.5, 0.6) is 0 Å². The molecule has 5 rings (SSSR count). The van der Waals surface area contributed by atoms with Crippen molar-refractivity contribution in [3.8, 4) is 0 Å². The van der Waals surface area contributed by atoms with E-state index in [0.717, 1.165) is 22.9 Å². The molecule has 0 saturated heterocycles. The number of nitrogens with one attached hydrogen (secondary N) is 1. The lowest BCUT2D eigenvalue weighted by Gasteiger charge is -2.29. The summed E-state index contributed by atoms with van der Waals surface area (Å²) in [6.45, 7) is 4.82. The van der Waals surface area contributed by atoms with Gasteiger partial charge in [0.2, 0.25) is 0 Å². The second-order valence-corrected chi connectivity index (χ2v) is 9.95. The summed E-state index contributed by atoms with van der Waals surface area (Å²) in [4.78, 5) is 29.5. The highest BCUT2D eigenvalue weighted by molar-refractivity contribution is 6.04. The molecule has 192 valence electrons. The van der Waals surface area contributed by atoms with Crippen LogP contribution in [0.15, 0.2) is 103 Å². The first-order valence-electron chi connectivity index (χ1n) is 12.7. The van der Waals surface area contributed by atoms with Crippen molar-refractivity contribution in [2.24, 2.45) is 0 Å². The quantitative estimate of drug-likeness (QED) is 0.306. The Bertz CT molecular complexity index is 1530. The van der Waals surface area contributed by atoms with E-state index in [-0.39, 0.29) is 17.4 Å². The Morgan fingerprint density at radius 2 is 1.84 bits per heavy atom. The smallest absolute Gasteiger partial charge is 0.337 e. The molecule has 2 aromatic carbocycles. The first-order valence-corrected chi connectivity index (χ1v) is 12.7. The Morgan fingerprint density at radius 3 is 2.53 bits per heavy atom. The summed E-state index contributed by atoms with van der Waals surface area (Å²) < 4.78 is 6.85. The predicted octanol–water partition coefficient (Wildman–Crippen LogP) is 6.16. The molecule has 0 radical (unpaired) electrons. The van der Waals surface area contributed by atoms with Gasteiger partial charge in [-0.15, -0.1) is 0 Å². The third-order valence-corrected chi connectivity index (χ3v) is 7.31. The molecule has 4 aromatic rings. The maximum atomic E-state index is 13.4. The number of hydrogen-bond donors (Lipinski definition) is 1. The maximum Gasteiger partial charge on any atom is 0.337 e. The second kappa shape index (κ2) is 10.5. The molecular weight excluding hydrogens is 474 g/mol. The highest BCUT2D eigenvalue weighted by Crippen LogP contribution is 2.34. The topological polar surface area (TPSA) is 73.2 Å². The number of carbonyl (C=O) groups excluding carboxylic acids is 2. The molecule has 38 heavy (non-hydrogen) atoms. The number of pyridine rings is 1. The van der Waals surface area contributed by atoms with Gasteiger partial charge >= 0.3 is 5.97 Å². The van der Waals surface area contributed by atoms with Crippen LogP contribution in [0.3, 0.4) is 0 Å². The van der Waals surface area contributed by atoms with Crippen molar-refractivity contribution in [2.75, 3.05) is 7.11 Å². The van der Waals surface area contributed by atoms with E-state index in [1.807, 2.05) is 43.5 Å². The van der Waals surface area contributed by atoms with Crippen LogP contribution < -0.4 is 5.32 Å². The number of methoxy groups -OCH3 is 1. The van der Waals surface area contributed by atoms with Crippen molar-refractivity contribution in [3.63, 3.8) is 0 Å². The third-order valence-electron chi connectivity index (χ3n) is 7.31.